The van der Waals surface area contributed by atoms with Gasteiger partial charge in [0.05, 0.1) is 0 Å². The van der Waals surface area contributed by atoms with Gasteiger partial charge in [0.15, 0.2) is 0 Å². The zero-order chi connectivity index (χ0) is 7.82. The van der Waals surface area contributed by atoms with Crippen LogP contribution in [0.4, 0.5) is 4.79 Å². The maximum atomic E-state index is 10.5. The van der Waals surface area contributed by atoms with Crippen LogP contribution >= 0.6 is 0 Å². The molecule has 0 saturated carbocycles. The van der Waals surface area contributed by atoms with Crippen LogP contribution in [0, 0.1) is 0 Å². The van der Waals surface area contributed by atoms with Crippen molar-refractivity contribution >= 4 is 6.03 Å². The van der Waals surface area contributed by atoms with Crippen molar-refractivity contribution in [2.45, 2.75) is 6.42 Å². The van der Waals surface area contributed by atoms with Crippen LogP contribution in [0.2, 0.25) is 0 Å². The maximum absolute atomic E-state index is 10.5. The smallest absolute Gasteiger partial charge is 0.314 e. The summed E-state index contributed by atoms with van der Waals surface area (Å²) in [6.07, 6.45) is 0.962. The molecular weight excluding hydrogens is 130 g/mol. The van der Waals surface area contributed by atoms with Crippen LogP contribution in [0.1, 0.15) is 6.42 Å². The minimum atomic E-state index is -0.115. The van der Waals surface area contributed by atoms with Crippen molar-refractivity contribution in [3.63, 3.8) is 0 Å². The minimum absolute atomic E-state index is 0.115. The Balaban J connectivity index is 2.96. The molecule has 0 aromatic heterocycles. The molecule has 2 amide bonds. The molecule has 4 nitrogen and oxygen atoms in total. The Morgan fingerprint density at radius 3 is 2.50 bits per heavy atom. The van der Waals surface area contributed by atoms with Gasteiger partial charge in [-0.2, -0.15) is 0 Å². The molecule has 0 fully saturated rings. The molecule has 0 heterocycles. The van der Waals surface area contributed by atoms with Crippen molar-refractivity contribution in [2.75, 3.05) is 27.2 Å². The van der Waals surface area contributed by atoms with Crippen molar-refractivity contribution in [2.24, 2.45) is 0 Å². The van der Waals surface area contributed by atoms with Crippen LogP contribution < -0.4 is 16.0 Å². The number of urea groups is 1. The highest BCUT2D eigenvalue weighted by Gasteiger charge is 1.91. The third-order valence-corrected chi connectivity index (χ3v) is 1.12. The lowest BCUT2D eigenvalue weighted by atomic mass is 10.4. The van der Waals surface area contributed by atoms with Gasteiger partial charge >= 0.3 is 6.03 Å². The third-order valence-electron chi connectivity index (χ3n) is 1.12. The van der Waals surface area contributed by atoms with Gasteiger partial charge in [-0.05, 0) is 20.0 Å². The highest BCUT2D eigenvalue weighted by molar-refractivity contribution is 5.73. The topological polar surface area (TPSA) is 53.2 Å². The zero-order valence-corrected chi connectivity index (χ0v) is 6.53. The van der Waals surface area contributed by atoms with E-state index in [0.717, 1.165) is 19.5 Å². The molecule has 0 aliphatic rings. The standard InChI is InChI=1S/C6H15N3O/c1-7-4-3-5-9-6(10)8-2/h7H,3-5H2,1-2H3,(H2,8,9,10). The zero-order valence-electron chi connectivity index (χ0n) is 6.53. The largest absolute Gasteiger partial charge is 0.341 e. The summed E-state index contributed by atoms with van der Waals surface area (Å²) >= 11 is 0. The van der Waals surface area contributed by atoms with Gasteiger partial charge in [0.25, 0.3) is 0 Å². The highest BCUT2D eigenvalue weighted by Crippen LogP contribution is 1.70. The minimum Gasteiger partial charge on any atom is -0.341 e. The Bertz CT molecular complexity index is 95.0. The van der Waals surface area contributed by atoms with Gasteiger partial charge in [-0.25, -0.2) is 4.79 Å². The molecule has 0 unspecified atom stereocenters. The lowest BCUT2D eigenvalue weighted by Crippen LogP contribution is -2.34. The van der Waals surface area contributed by atoms with E-state index in [9.17, 15) is 4.79 Å². The van der Waals surface area contributed by atoms with Crippen molar-refractivity contribution in [1.82, 2.24) is 16.0 Å². The van der Waals surface area contributed by atoms with E-state index in [1.807, 2.05) is 7.05 Å². The van der Waals surface area contributed by atoms with E-state index in [0.29, 0.717) is 0 Å². The number of hydrogen-bond acceptors (Lipinski definition) is 2. The molecule has 10 heavy (non-hydrogen) atoms. The van der Waals surface area contributed by atoms with E-state index >= 15 is 0 Å². The average molecular weight is 145 g/mol. The van der Waals surface area contributed by atoms with Crippen LogP contribution in [0.3, 0.4) is 0 Å². The lowest BCUT2D eigenvalue weighted by Gasteiger charge is -2.02. The highest BCUT2D eigenvalue weighted by atomic mass is 16.2. The molecule has 0 atom stereocenters. The summed E-state index contributed by atoms with van der Waals surface area (Å²) in [5.41, 5.74) is 0. The van der Waals surface area contributed by atoms with Crippen LogP contribution in [-0.4, -0.2) is 33.2 Å². The lowest BCUT2D eigenvalue weighted by molar-refractivity contribution is 0.243. The molecule has 0 spiro atoms. The van der Waals surface area contributed by atoms with E-state index in [4.69, 9.17) is 0 Å². The van der Waals surface area contributed by atoms with Crippen LogP contribution in [0.15, 0.2) is 0 Å². The first kappa shape index (κ1) is 9.23. The van der Waals surface area contributed by atoms with E-state index in [1.165, 1.54) is 0 Å². The molecular formula is C6H15N3O. The Hall–Kier alpha value is -0.770. The van der Waals surface area contributed by atoms with Gasteiger partial charge in [-0.1, -0.05) is 0 Å². The van der Waals surface area contributed by atoms with Crippen LogP contribution in [0.25, 0.3) is 0 Å². The number of nitrogens with one attached hydrogen (secondary N) is 3. The monoisotopic (exact) mass is 145 g/mol. The first-order chi connectivity index (χ1) is 4.81. The average Bonchev–Trinajstić information content (AvgIpc) is 1.98. The molecule has 0 aliphatic heterocycles. The number of amides is 2. The summed E-state index contributed by atoms with van der Waals surface area (Å²) < 4.78 is 0. The fourth-order valence-corrected chi connectivity index (χ4v) is 0.555. The van der Waals surface area contributed by atoms with Gasteiger partial charge in [-0.3, -0.25) is 0 Å². The molecule has 0 aromatic rings. The summed E-state index contributed by atoms with van der Waals surface area (Å²) in [6, 6.07) is -0.115. The number of carbonyl (C=O) groups is 1. The second-order valence-corrected chi connectivity index (χ2v) is 1.96. The van der Waals surface area contributed by atoms with Crippen molar-refractivity contribution in [3.05, 3.63) is 0 Å². The Labute approximate surface area is 61.4 Å². The fraction of sp³-hybridized carbons (Fsp3) is 0.833. The van der Waals surface area contributed by atoms with Crippen molar-refractivity contribution in [3.8, 4) is 0 Å². The Morgan fingerprint density at radius 1 is 1.30 bits per heavy atom. The van der Waals surface area contributed by atoms with Crippen LogP contribution in [-0.2, 0) is 0 Å². The normalized spacial score (nSPS) is 9.00. The second-order valence-electron chi connectivity index (χ2n) is 1.96. The maximum Gasteiger partial charge on any atom is 0.314 e. The second kappa shape index (κ2) is 6.35. The summed E-state index contributed by atoms with van der Waals surface area (Å²) in [7, 11) is 3.49. The van der Waals surface area contributed by atoms with Gasteiger partial charge in [-0.15, -0.1) is 0 Å². The van der Waals surface area contributed by atoms with E-state index in [1.54, 1.807) is 7.05 Å². The molecule has 0 radical (unpaired) electrons. The van der Waals surface area contributed by atoms with Gasteiger partial charge in [0.2, 0.25) is 0 Å². The number of hydrogen-bond donors (Lipinski definition) is 3. The molecule has 0 saturated heterocycles. The predicted octanol–water partition coefficient (Wildman–Crippen LogP) is -0.475. The van der Waals surface area contributed by atoms with Crippen molar-refractivity contribution < 1.29 is 4.79 Å². The summed E-state index contributed by atoms with van der Waals surface area (Å²) in [5.74, 6) is 0. The SMILES string of the molecule is CNCCCNC(=O)NC. The Morgan fingerprint density at radius 2 is 2.00 bits per heavy atom. The predicted molar refractivity (Wildman–Crippen MR) is 41.0 cm³/mol. The molecule has 60 valence electrons. The van der Waals surface area contributed by atoms with Gasteiger partial charge in [0, 0.05) is 13.6 Å². The first-order valence-corrected chi connectivity index (χ1v) is 3.41. The number of rotatable bonds is 4. The summed E-state index contributed by atoms with van der Waals surface area (Å²) in [5, 5.41) is 8.14. The Kier molecular flexibility index (Phi) is 5.86. The van der Waals surface area contributed by atoms with Crippen LogP contribution in [0.5, 0.6) is 0 Å². The van der Waals surface area contributed by atoms with E-state index < -0.39 is 0 Å². The fourth-order valence-electron chi connectivity index (χ4n) is 0.555. The van der Waals surface area contributed by atoms with Crippen molar-refractivity contribution in [1.29, 1.82) is 0 Å². The van der Waals surface area contributed by atoms with Gasteiger partial charge < -0.3 is 16.0 Å². The summed E-state index contributed by atoms with van der Waals surface area (Å²) in [4.78, 5) is 10.5. The third kappa shape index (κ3) is 5.37. The quantitative estimate of drug-likeness (QED) is 0.468. The molecule has 0 rings (SSSR count). The molecule has 4 heteroatoms. The molecule has 0 bridgehead atoms. The molecule has 0 aliphatic carbocycles. The summed E-state index contributed by atoms with van der Waals surface area (Å²) in [6.45, 7) is 1.66. The van der Waals surface area contributed by atoms with Gasteiger partial charge in [0.1, 0.15) is 0 Å². The first-order valence-electron chi connectivity index (χ1n) is 3.41. The van der Waals surface area contributed by atoms with E-state index in [-0.39, 0.29) is 6.03 Å². The molecule has 0 aromatic carbocycles. The number of carbonyl (C=O) groups excluding carboxylic acids is 1. The molecule has 3 N–H and O–H groups in total. The van der Waals surface area contributed by atoms with E-state index in [2.05, 4.69) is 16.0 Å².